The molecule has 0 atom stereocenters. The highest BCUT2D eigenvalue weighted by Gasteiger charge is 2.09. The maximum atomic E-state index is 14.1. The van der Waals surface area contributed by atoms with Gasteiger partial charge in [-0.05, 0) is 44.2 Å². The number of fused-ring (bicyclic) bond motifs is 1. The van der Waals surface area contributed by atoms with E-state index in [4.69, 9.17) is 16.3 Å². The zero-order chi connectivity index (χ0) is 20.4. The third kappa shape index (κ3) is 4.12. The van der Waals surface area contributed by atoms with Crippen LogP contribution >= 0.6 is 11.6 Å². The number of ether oxygens (including phenoxy) is 1. The van der Waals surface area contributed by atoms with Gasteiger partial charge in [-0.15, -0.1) is 10.2 Å². The van der Waals surface area contributed by atoms with Gasteiger partial charge in [0, 0.05) is 16.5 Å². The van der Waals surface area contributed by atoms with Crippen LogP contribution in [-0.2, 0) is 6.54 Å². The normalized spacial score (nSPS) is 11.0. The molecule has 0 saturated heterocycles. The Balaban J connectivity index is 1.51. The number of hydrogen-bond donors (Lipinski definition) is 1. The molecule has 0 saturated carbocycles. The molecule has 0 bridgehead atoms. The summed E-state index contributed by atoms with van der Waals surface area (Å²) in [7, 11) is 0. The molecule has 148 valence electrons. The molecular weight excluding hydrogens is 395 g/mol. The summed E-state index contributed by atoms with van der Waals surface area (Å²) in [5.41, 5.74) is 0.973. The Morgan fingerprint density at radius 3 is 2.62 bits per heavy atom. The minimum atomic E-state index is -0.455. The SMILES string of the molecule is Cc1nnc(C)n1CCOc1ccc2c(Nc3ccc(Cl)cc3F)ncnc2c1. The van der Waals surface area contributed by atoms with E-state index < -0.39 is 5.82 Å². The van der Waals surface area contributed by atoms with Crippen LogP contribution in [-0.4, -0.2) is 31.3 Å². The second-order valence-electron chi connectivity index (χ2n) is 6.44. The lowest BCUT2D eigenvalue weighted by Crippen LogP contribution is -2.11. The van der Waals surface area contributed by atoms with Crippen LogP contribution in [0.4, 0.5) is 15.9 Å². The van der Waals surface area contributed by atoms with Crippen molar-refractivity contribution in [3.05, 3.63) is 65.2 Å². The van der Waals surface area contributed by atoms with E-state index in [9.17, 15) is 4.39 Å². The van der Waals surface area contributed by atoms with E-state index >= 15 is 0 Å². The van der Waals surface area contributed by atoms with E-state index in [2.05, 4.69) is 25.5 Å². The maximum absolute atomic E-state index is 14.1. The number of aryl methyl sites for hydroxylation is 2. The molecule has 0 amide bonds. The highest BCUT2D eigenvalue weighted by molar-refractivity contribution is 6.30. The summed E-state index contributed by atoms with van der Waals surface area (Å²) >= 11 is 5.81. The van der Waals surface area contributed by atoms with Crippen molar-refractivity contribution in [3.8, 4) is 5.75 Å². The largest absolute Gasteiger partial charge is 0.492 e. The van der Waals surface area contributed by atoms with Crippen LogP contribution in [0.5, 0.6) is 5.75 Å². The van der Waals surface area contributed by atoms with Crippen molar-refractivity contribution < 1.29 is 9.13 Å². The Morgan fingerprint density at radius 2 is 1.86 bits per heavy atom. The van der Waals surface area contributed by atoms with Gasteiger partial charge in [-0.25, -0.2) is 14.4 Å². The minimum absolute atomic E-state index is 0.286. The smallest absolute Gasteiger partial charge is 0.148 e. The first-order valence-electron chi connectivity index (χ1n) is 8.97. The van der Waals surface area contributed by atoms with Crippen molar-refractivity contribution >= 4 is 34.0 Å². The van der Waals surface area contributed by atoms with Crippen LogP contribution in [0, 0.1) is 19.7 Å². The molecule has 1 N–H and O–H groups in total. The molecule has 2 aromatic heterocycles. The van der Waals surface area contributed by atoms with Crippen molar-refractivity contribution in [1.29, 1.82) is 0 Å². The van der Waals surface area contributed by atoms with Gasteiger partial charge in [0.25, 0.3) is 0 Å². The molecule has 0 spiro atoms. The van der Waals surface area contributed by atoms with Crippen LogP contribution < -0.4 is 10.1 Å². The summed E-state index contributed by atoms with van der Waals surface area (Å²) in [6.45, 7) is 4.93. The number of rotatable bonds is 6. The van der Waals surface area contributed by atoms with Gasteiger partial charge < -0.3 is 14.6 Å². The number of aromatic nitrogens is 5. The first-order chi connectivity index (χ1) is 14.0. The van der Waals surface area contributed by atoms with E-state index in [1.807, 2.05) is 36.6 Å². The summed E-state index contributed by atoms with van der Waals surface area (Å²) < 4.78 is 21.9. The van der Waals surface area contributed by atoms with E-state index in [1.54, 1.807) is 12.1 Å². The minimum Gasteiger partial charge on any atom is -0.492 e. The Morgan fingerprint density at radius 1 is 1.07 bits per heavy atom. The van der Waals surface area contributed by atoms with Crippen LogP contribution in [0.2, 0.25) is 5.02 Å². The monoisotopic (exact) mass is 412 g/mol. The molecule has 0 radical (unpaired) electrons. The lowest BCUT2D eigenvalue weighted by Gasteiger charge is -2.11. The number of anilines is 2. The molecule has 0 aliphatic carbocycles. The van der Waals surface area contributed by atoms with Crippen LogP contribution in [0.25, 0.3) is 10.9 Å². The highest BCUT2D eigenvalue weighted by atomic mass is 35.5. The van der Waals surface area contributed by atoms with Gasteiger partial charge in [0.15, 0.2) is 0 Å². The lowest BCUT2D eigenvalue weighted by atomic mass is 10.2. The molecule has 7 nitrogen and oxygen atoms in total. The van der Waals surface area contributed by atoms with Crippen LogP contribution in [0.1, 0.15) is 11.6 Å². The molecule has 4 aromatic rings. The van der Waals surface area contributed by atoms with Crippen molar-refractivity contribution in [2.24, 2.45) is 0 Å². The summed E-state index contributed by atoms with van der Waals surface area (Å²) in [5.74, 6) is 2.43. The number of nitrogens with zero attached hydrogens (tertiary/aromatic N) is 5. The summed E-state index contributed by atoms with van der Waals surface area (Å²) in [5, 5.41) is 12.2. The third-order valence-corrected chi connectivity index (χ3v) is 4.73. The van der Waals surface area contributed by atoms with Gasteiger partial charge in [0.2, 0.25) is 0 Å². The second kappa shape index (κ2) is 8.00. The molecule has 0 unspecified atom stereocenters. The van der Waals surface area contributed by atoms with E-state index in [0.717, 1.165) is 17.0 Å². The zero-order valence-electron chi connectivity index (χ0n) is 15.9. The first kappa shape index (κ1) is 19.1. The fraction of sp³-hybridized carbons (Fsp3) is 0.200. The molecule has 9 heteroatoms. The van der Waals surface area contributed by atoms with Crippen molar-refractivity contribution in [1.82, 2.24) is 24.7 Å². The predicted molar refractivity (Wildman–Crippen MR) is 109 cm³/mol. The third-order valence-electron chi connectivity index (χ3n) is 4.50. The molecule has 4 rings (SSSR count). The average molecular weight is 413 g/mol. The molecule has 2 heterocycles. The average Bonchev–Trinajstić information content (AvgIpc) is 3.02. The van der Waals surface area contributed by atoms with Gasteiger partial charge in [-0.1, -0.05) is 11.6 Å². The molecular formula is C20H18ClFN6O. The molecule has 29 heavy (non-hydrogen) atoms. The number of nitrogens with one attached hydrogen (secondary N) is 1. The number of benzene rings is 2. The van der Waals surface area contributed by atoms with Crippen molar-refractivity contribution in [2.75, 3.05) is 11.9 Å². The predicted octanol–water partition coefficient (Wildman–Crippen LogP) is 4.45. The Kier molecular flexibility index (Phi) is 5.26. The van der Waals surface area contributed by atoms with Gasteiger partial charge >= 0.3 is 0 Å². The van der Waals surface area contributed by atoms with Crippen molar-refractivity contribution in [3.63, 3.8) is 0 Å². The van der Waals surface area contributed by atoms with E-state index in [0.29, 0.717) is 35.3 Å². The standard InChI is InChI=1S/C20H18ClFN6O/c1-12-26-27-13(2)28(12)7-8-29-15-4-5-16-19(10-15)23-11-24-20(16)25-18-6-3-14(21)9-17(18)22/h3-6,9-11H,7-8H2,1-2H3,(H,23,24,25). The number of hydrogen-bond acceptors (Lipinski definition) is 6. The Labute approximate surface area is 171 Å². The van der Waals surface area contributed by atoms with Gasteiger partial charge in [0.05, 0.1) is 17.7 Å². The quantitative estimate of drug-likeness (QED) is 0.504. The molecule has 0 aliphatic heterocycles. The topological polar surface area (TPSA) is 77.8 Å². The number of halogens is 2. The Bertz CT molecular complexity index is 1160. The van der Waals surface area contributed by atoms with E-state index in [-0.39, 0.29) is 5.69 Å². The summed E-state index contributed by atoms with van der Waals surface area (Å²) in [6.07, 6.45) is 1.42. The Hall–Kier alpha value is -3.26. The van der Waals surface area contributed by atoms with Crippen LogP contribution in [0.3, 0.4) is 0 Å². The second-order valence-corrected chi connectivity index (χ2v) is 6.88. The summed E-state index contributed by atoms with van der Waals surface area (Å²) in [6, 6.07) is 9.93. The molecule has 0 aliphatic rings. The van der Waals surface area contributed by atoms with Gasteiger partial charge in [-0.2, -0.15) is 0 Å². The molecule has 0 fully saturated rings. The fourth-order valence-corrected chi connectivity index (χ4v) is 3.17. The van der Waals surface area contributed by atoms with Crippen molar-refractivity contribution in [2.45, 2.75) is 20.4 Å². The van der Waals surface area contributed by atoms with Gasteiger partial charge in [-0.3, -0.25) is 0 Å². The highest BCUT2D eigenvalue weighted by Crippen LogP contribution is 2.28. The molecule has 2 aromatic carbocycles. The fourth-order valence-electron chi connectivity index (χ4n) is 3.01. The zero-order valence-corrected chi connectivity index (χ0v) is 16.6. The van der Waals surface area contributed by atoms with E-state index in [1.165, 1.54) is 12.4 Å². The maximum Gasteiger partial charge on any atom is 0.148 e. The summed E-state index contributed by atoms with van der Waals surface area (Å²) in [4.78, 5) is 8.53. The van der Waals surface area contributed by atoms with Gasteiger partial charge in [0.1, 0.15) is 42.0 Å². The van der Waals surface area contributed by atoms with Crippen LogP contribution in [0.15, 0.2) is 42.7 Å². The lowest BCUT2D eigenvalue weighted by molar-refractivity contribution is 0.296. The first-order valence-corrected chi connectivity index (χ1v) is 9.35.